The van der Waals surface area contributed by atoms with E-state index in [1.54, 1.807) is 0 Å². The Morgan fingerprint density at radius 2 is 1.64 bits per heavy atom. The Hall–Kier alpha value is -1.47. The molecule has 4 nitrogen and oxygen atoms in total. The van der Waals surface area contributed by atoms with Crippen molar-refractivity contribution < 1.29 is 27.6 Å². The summed E-state index contributed by atoms with van der Waals surface area (Å²) in [5.41, 5.74) is -1.40. The van der Waals surface area contributed by atoms with E-state index < -0.39 is 41.5 Å². The van der Waals surface area contributed by atoms with Crippen LogP contribution in [0.4, 0.5) is 8.78 Å². The molecule has 1 aromatic rings. The van der Waals surface area contributed by atoms with Crippen LogP contribution in [0.15, 0.2) is 6.07 Å². The molecule has 0 saturated carbocycles. The minimum Gasteiger partial charge on any atom is -0.465 e. The molecule has 0 aliphatic carbocycles. The molecule has 2 rings (SSSR count). The van der Waals surface area contributed by atoms with Crippen LogP contribution in [0, 0.1) is 18.6 Å². The highest BCUT2D eigenvalue weighted by atomic mass is 19.2. The molecule has 1 aliphatic rings. The normalized spacial score (nSPS) is 19.4. The van der Waals surface area contributed by atoms with Crippen LogP contribution < -0.4 is 5.46 Å². The van der Waals surface area contributed by atoms with Gasteiger partial charge in [0.2, 0.25) is 0 Å². The van der Waals surface area contributed by atoms with Crippen LogP contribution >= 0.6 is 0 Å². The minimum absolute atomic E-state index is 0.0450. The number of hydrogen-bond acceptors (Lipinski definition) is 4. The number of ether oxygens (including phenoxy) is 1. The van der Waals surface area contributed by atoms with Crippen molar-refractivity contribution >= 4 is 18.6 Å². The van der Waals surface area contributed by atoms with Gasteiger partial charge in [0.05, 0.1) is 23.9 Å². The Balaban J connectivity index is 2.53. The lowest BCUT2D eigenvalue weighted by molar-refractivity contribution is 0.00578. The third-order valence-electron chi connectivity index (χ3n) is 4.40. The van der Waals surface area contributed by atoms with Gasteiger partial charge >= 0.3 is 13.1 Å². The molecule has 1 saturated heterocycles. The van der Waals surface area contributed by atoms with Gasteiger partial charge in [-0.1, -0.05) is 0 Å². The molecule has 0 atom stereocenters. The highest BCUT2D eigenvalue weighted by Gasteiger charge is 2.52. The molecule has 0 spiro atoms. The van der Waals surface area contributed by atoms with E-state index >= 15 is 0 Å². The largest absolute Gasteiger partial charge is 0.495 e. The van der Waals surface area contributed by atoms with Crippen molar-refractivity contribution in [3.05, 3.63) is 28.8 Å². The van der Waals surface area contributed by atoms with E-state index in [1.165, 1.54) is 13.0 Å². The van der Waals surface area contributed by atoms with E-state index in [9.17, 15) is 13.6 Å². The van der Waals surface area contributed by atoms with Gasteiger partial charge in [0, 0.05) is 0 Å². The highest BCUT2D eigenvalue weighted by Crippen LogP contribution is 2.37. The van der Waals surface area contributed by atoms with Crippen LogP contribution in [0.3, 0.4) is 0 Å². The second-order valence-corrected chi connectivity index (χ2v) is 6.35. The lowest BCUT2D eigenvalue weighted by Gasteiger charge is -2.32. The molecule has 120 valence electrons. The smallest absolute Gasteiger partial charge is 0.465 e. The predicted molar refractivity (Wildman–Crippen MR) is 78.2 cm³/mol. The maximum Gasteiger partial charge on any atom is 0.495 e. The van der Waals surface area contributed by atoms with Gasteiger partial charge in [0.15, 0.2) is 11.6 Å². The van der Waals surface area contributed by atoms with Crippen molar-refractivity contribution in [2.45, 2.75) is 45.8 Å². The van der Waals surface area contributed by atoms with E-state index in [-0.39, 0.29) is 11.0 Å². The number of carbonyl (C=O) groups excluding carboxylic acids is 1. The number of halogens is 2. The topological polar surface area (TPSA) is 44.8 Å². The summed E-state index contributed by atoms with van der Waals surface area (Å²) in [6.07, 6.45) is 0. The third kappa shape index (κ3) is 2.52. The maximum atomic E-state index is 14.1. The van der Waals surface area contributed by atoms with E-state index in [0.717, 1.165) is 7.11 Å². The van der Waals surface area contributed by atoms with Crippen molar-refractivity contribution in [2.24, 2.45) is 0 Å². The van der Waals surface area contributed by atoms with Gasteiger partial charge in [-0.3, -0.25) is 0 Å². The summed E-state index contributed by atoms with van der Waals surface area (Å²) in [5, 5.41) is 0. The van der Waals surface area contributed by atoms with Crippen molar-refractivity contribution in [3.8, 4) is 0 Å². The summed E-state index contributed by atoms with van der Waals surface area (Å²) in [6, 6.07) is 1.22. The number of benzene rings is 1. The summed E-state index contributed by atoms with van der Waals surface area (Å²) in [5.74, 6) is -3.29. The lowest BCUT2D eigenvalue weighted by atomic mass is 9.75. The Labute approximate surface area is 128 Å². The van der Waals surface area contributed by atoms with Crippen molar-refractivity contribution in [1.82, 2.24) is 0 Å². The molecule has 1 fully saturated rings. The second-order valence-electron chi connectivity index (χ2n) is 6.35. The number of hydrogen-bond donors (Lipinski definition) is 0. The van der Waals surface area contributed by atoms with E-state index in [1.807, 2.05) is 27.7 Å². The fourth-order valence-corrected chi connectivity index (χ4v) is 2.21. The monoisotopic (exact) mass is 312 g/mol. The average molecular weight is 312 g/mol. The van der Waals surface area contributed by atoms with E-state index in [0.29, 0.717) is 0 Å². The molecule has 22 heavy (non-hydrogen) atoms. The molecule has 7 heteroatoms. The zero-order chi connectivity index (χ0) is 16.9. The summed E-state index contributed by atoms with van der Waals surface area (Å²) in [4.78, 5) is 11.6. The van der Waals surface area contributed by atoms with Crippen LogP contribution in [0.2, 0.25) is 0 Å². The first-order chi connectivity index (χ1) is 10.0. The molecular formula is C15H19BF2O4. The zero-order valence-corrected chi connectivity index (χ0v) is 13.5. The number of esters is 1. The van der Waals surface area contributed by atoms with Crippen molar-refractivity contribution in [2.75, 3.05) is 7.11 Å². The van der Waals surface area contributed by atoms with Gasteiger partial charge in [-0.15, -0.1) is 0 Å². The van der Waals surface area contributed by atoms with E-state index in [2.05, 4.69) is 4.74 Å². The molecule has 1 aromatic carbocycles. The first-order valence-electron chi connectivity index (χ1n) is 6.94. The summed E-state index contributed by atoms with van der Waals surface area (Å²) >= 11 is 0. The SMILES string of the molecule is COC(=O)c1cc(B2OC(C)(C)C(C)(C)O2)c(C)c(F)c1F. The molecule has 1 heterocycles. The molecular weight excluding hydrogens is 293 g/mol. The molecule has 0 bridgehead atoms. The van der Waals surface area contributed by atoms with Gasteiger partial charge < -0.3 is 14.0 Å². The van der Waals surface area contributed by atoms with Gasteiger partial charge in [-0.25, -0.2) is 13.6 Å². The first kappa shape index (κ1) is 16.9. The number of methoxy groups -OCH3 is 1. The Morgan fingerprint density at radius 1 is 1.14 bits per heavy atom. The van der Waals surface area contributed by atoms with Crippen LogP contribution in [0.1, 0.15) is 43.6 Å². The van der Waals surface area contributed by atoms with E-state index in [4.69, 9.17) is 9.31 Å². The lowest BCUT2D eigenvalue weighted by Crippen LogP contribution is -2.41. The van der Waals surface area contributed by atoms with Crippen molar-refractivity contribution in [3.63, 3.8) is 0 Å². The number of rotatable bonds is 2. The third-order valence-corrected chi connectivity index (χ3v) is 4.40. The first-order valence-corrected chi connectivity index (χ1v) is 6.94. The molecule has 0 radical (unpaired) electrons. The summed E-state index contributed by atoms with van der Waals surface area (Å²) < 4.78 is 44.2. The van der Waals surface area contributed by atoms with Crippen LogP contribution in [-0.4, -0.2) is 31.4 Å². The Morgan fingerprint density at radius 3 is 2.09 bits per heavy atom. The Bertz CT molecular complexity index is 612. The molecule has 0 amide bonds. The maximum absolute atomic E-state index is 14.1. The minimum atomic E-state index is -1.23. The van der Waals surface area contributed by atoms with Crippen LogP contribution in [0.5, 0.6) is 0 Å². The predicted octanol–water partition coefficient (Wildman–Crippen LogP) is 2.36. The van der Waals surface area contributed by atoms with Crippen molar-refractivity contribution in [1.29, 1.82) is 0 Å². The summed E-state index contributed by atoms with van der Waals surface area (Å²) in [7, 11) is 0.220. The molecule has 1 aliphatic heterocycles. The molecule has 0 unspecified atom stereocenters. The average Bonchev–Trinajstić information content (AvgIpc) is 2.64. The quantitative estimate of drug-likeness (QED) is 0.621. The summed E-state index contributed by atoms with van der Waals surface area (Å²) in [6.45, 7) is 8.82. The number of carbonyl (C=O) groups is 1. The van der Waals surface area contributed by atoms with Gasteiger partial charge in [-0.05, 0) is 51.7 Å². The van der Waals surface area contributed by atoms with Crippen LogP contribution in [-0.2, 0) is 14.0 Å². The fraction of sp³-hybridized carbons (Fsp3) is 0.533. The fourth-order valence-electron chi connectivity index (χ4n) is 2.21. The second kappa shape index (κ2) is 5.31. The zero-order valence-electron chi connectivity index (χ0n) is 13.5. The van der Waals surface area contributed by atoms with Gasteiger partial charge in [0.25, 0.3) is 0 Å². The Kier molecular flexibility index (Phi) is 4.08. The molecule has 0 aromatic heterocycles. The standard InChI is InChI=1S/C15H19BF2O4/c1-8-10(16-21-14(2,3)15(4,5)22-16)7-9(13(19)20-6)12(18)11(8)17/h7H,1-6H3. The highest BCUT2D eigenvalue weighted by molar-refractivity contribution is 6.62. The van der Waals surface area contributed by atoms with Gasteiger partial charge in [0.1, 0.15) is 0 Å². The van der Waals surface area contributed by atoms with Crippen LogP contribution in [0.25, 0.3) is 0 Å². The van der Waals surface area contributed by atoms with Gasteiger partial charge in [-0.2, -0.15) is 0 Å². The molecule has 0 N–H and O–H groups in total.